The lowest BCUT2D eigenvalue weighted by Crippen LogP contribution is -2.59. The number of hydrogen-bond acceptors (Lipinski definition) is 11. The summed E-state index contributed by atoms with van der Waals surface area (Å²) in [4.78, 5) is 37.7. The first-order valence-corrected chi connectivity index (χ1v) is 17.7. The number of ether oxygens (including phenoxy) is 6. The van der Waals surface area contributed by atoms with Gasteiger partial charge in [-0.25, -0.2) is 4.79 Å². The standard InChI is InChI=1S/C39H62O11/c1-21(2)35-26(7)33(47-29(10)40)20-39(44,50-35)28(9)34(42)27(8)37-31(45-12)16-14-15-22(3)17-24(5)36(48-30(11)41)25(6)18-23(4)19-32(46-13)38(43)49-37/h14-16,18-19,21,24-28,31,33-37,42,44H,17,20H2,1-13H3/b16-14+,22-15+,23-18+,32-19-/t24-,25-,26+,27+,28+,31+,33-,34-,35-,36+,37-,39-/m1/s1. The van der Waals surface area contributed by atoms with Gasteiger partial charge >= 0.3 is 17.9 Å². The summed E-state index contributed by atoms with van der Waals surface area (Å²) in [5.41, 5.74) is 1.73. The molecule has 1 fully saturated rings. The Morgan fingerprint density at radius 1 is 1.00 bits per heavy atom. The molecule has 12 atom stereocenters. The van der Waals surface area contributed by atoms with Crippen molar-refractivity contribution in [1.29, 1.82) is 0 Å². The van der Waals surface area contributed by atoms with Gasteiger partial charge < -0.3 is 38.6 Å². The average Bonchev–Trinajstić information content (AvgIpc) is 3.02. The second-order valence-electron chi connectivity index (χ2n) is 14.7. The molecule has 2 aliphatic heterocycles. The molecule has 0 saturated carbocycles. The number of rotatable bonds is 9. The maximum absolute atomic E-state index is 13.7. The molecule has 284 valence electrons. The summed E-state index contributed by atoms with van der Waals surface area (Å²) in [6.45, 7) is 19.7. The maximum Gasteiger partial charge on any atom is 0.373 e. The summed E-state index contributed by atoms with van der Waals surface area (Å²) in [5.74, 6) is -5.62. The zero-order valence-electron chi connectivity index (χ0n) is 32.3. The molecular formula is C39H62O11. The Hall–Kier alpha value is -2.99. The summed E-state index contributed by atoms with van der Waals surface area (Å²) in [6, 6.07) is 0. The van der Waals surface area contributed by atoms with Crippen molar-refractivity contribution in [3.8, 4) is 0 Å². The van der Waals surface area contributed by atoms with Crippen LogP contribution in [0, 0.1) is 35.5 Å². The van der Waals surface area contributed by atoms with Gasteiger partial charge in [0.1, 0.15) is 24.4 Å². The first-order valence-electron chi connectivity index (χ1n) is 17.7. The topological polar surface area (TPSA) is 147 Å². The van der Waals surface area contributed by atoms with Crippen LogP contribution < -0.4 is 0 Å². The summed E-state index contributed by atoms with van der Waals surface area (Å²) in [7, 11) is 2.85. The molecule has 50 heavy (non-hydrogen) atoms. The predicted octanol–water partition coefficient (Wildman–Crippen LogP) is 5.83. The first kappa shape index (κ1) is 43.2. The van der Waals surface area contributed by atoms with Crippen LogP contribution in [0.5, 0.6) is 0 Å². The van der Waals surface area contributed by atoms with E-state index in [1.165, 1.54) is 28.1 Å². The lowest BCUT2D eigenvalue weighted by atomic mass is 9.76. The third-order valence-electron chi connectivity index (χ3n) is 10.0. The van der Waals surface area contributed by atoms with Crippen molar-refractivity contribution in [3.63, 3.8) is 0 Å². The Kier molecular flexibility index (Phi) is 16.4. The zero-order valence-corrected chi connectivity index (χ0v) is 32.3. The predicted molar refractivity (Wildman–Crippen MR) is 189 cm³/mol. The van der Waals surface area contributed by atoms with Crippen molar-refractivity contribution in [2.45, 2.75) is 131 Å². The average molecular weight is 707 g/mol. The van der Waals surface area contributed by atoms with Crippen molar-refractivity contribution in [3.05, 3.63) is 47.3 Å². The van der Waals surface area contributed by atoms with Gasteiger partial charge in [0.25, 0.3) is 0 Å². The highest BCUT2D eigenvalue weighted by atomic mass is 16.6. The number of carbonyl (C=O) groups excluding carboxylic acids is 3. The van der Waals surface area contributed by atoms with Gasteiger partial charge in [-0.2, -0.15) is 0 Å². The van der Waals surface area contributed by atoms with E-state index in [9.17, 15) is 24.6 Å². The third kappa shape index (κ3) is 11.5. The SMILES string of the molecule is CO/C1=C\C(C)=C\[C@@H](C)[C@@H](OC(C)=O)[C@H](C)C/C(C)=C/C=C/[C@H](OC)[C@@H]([C@@H](C)[C@@H](O)[C@H](C)[C@@]2(O)C[C@@H](OC(C)=O)[C@H](C)[C@@H](C(C)C)O2)OC1=O. The van der Waals surface area contributed by atoms with Crippen LogP contribution in [0.15, 0.2) is 47.3 Å². The number of esters is 3. The van der Waals surface area contributed by atoms with Gasteiger partial charge in [-0.1, -0.05) is 83.9 Å². The van der Waals surface area contributed by atoms with Gasteiger partial charge in [0.05, 0.1) is 19.3 Å². The number of aliphatic hydroxyl groups is 2. The smallest absolute Gasteiger partial charge is 0.373 e. The lowest BCUT2D eigenvalue weighted by molar-refractivity contribution is -0.329. The Bertz CT molecular complexity index is 1280. The van der Waals surface area contributed by atoms with E-state index in [4.69, 9.17) is 28.4 Å². The Morgan fingerprint density at radius 2 is 1.62 bits per heavy atom. The van der Waals surface area contributed by atoms with Crippen LogP contribution in [0.2, 0.25) is 0 Å². The molecule has 0 aromatic rings. The second kappa shape index (κ2) is 19.0. The molecule has 0 unspecified atom stereocenters. The molecule has 11 heteroatoms. The quantitative estimate of drug-likeness (QED) is 0.220. The Morgan fingerprint density at radius 3 is 2.16 bits per heavy atom. The summed E-state index contributed by atoms with van der Waals surface area (Å²) < 4.78 is 35.0. The van der Waals surface area contributed by atoms with Crippen LogP contribution in [-0.4, -0.2) is 84.8 Å². The van der Waals surface area contributed by atoms with E-state index in [0.717, 1.165) is 5.57 Å². The molecule has 0 radical (unpaired) electrons. The van der Waals surface area contributed by atoms with Crippen LogP contribution in [0.3, 0.4) is 0 Å². The molecule has 0 aromatic carbocycles. The molecule has 0 bridgehead atoms. The van der Waals surface area contributed by atoms with E-state index in [2.05, 4.69) is 0 Å². The van der Waals surface area contributed by atoms with Gasteiger partial charge in [0, 0.05) is 51.0 Å². The van der Waals surface area contributed by atoms with E-state index in [1.807, 2.05) is 66.7 Å². The van der Waals surface area contributed by atoms with E-state index in [1.54, 1.807) is 26.0 Å². The normalized spacial score (nSPS) is 37.4. The van der Waals surface area contributed by atoms with Crippen molar-refractivity contribution in [2.75, 3.05) is 14.2 Å². The monoisotopic (exact) mass is 706 g/mol. The largest absolute Gasteiger partial charge is 0.490 e. The Balaban J connectivity index is 2.58. The van der Waals surface area contributed by atoms with Crippen molar-refractivity contribution >= 4 is 17.9 Å². The second-order valence-corrected chi connectivity index (χ2v) is 14.7. The van der Waals surface area contributed by atoms with E-state index < -0.39 is 66.2 Å². The number of cyclic esters (lactones) is 1. The number of carbonyl (C=O) groups is 3. The summed E-state index contributed by atoms with van der Waals surface area (Å²) >= 11 is 0. The molecule has 0 aliphatic carbocycles. The lowest BCUT2D eigenvalue weighted by Gasteiger charge is -2.50. The van der Waals surface area contributed by atoms with Crippen molar-refractivity contribution < 1.29 is 53.0 Å². The molecule has 2 heterocycles. The van der Waals surface area contributed by atoms with Crippen LogP contribution in [0.25, 0.3) is 0 Å². The van der Waals surface area contributed by atoms with E-state index in [-0.39, 0.29) is 41.8 Å². The molecule has 0 aromatic heterocycles. The highest BCUT2D eigenvalue weighted by Gasteiger charge is 2.53. The minimum atomic E-state index is -1.85. The fourth-order valence-corrected chi connectivity index (χ4v) is 7.29. The minimum Gasteiger partial charge on any atom is -0.490 e. The molecule has 2 aliphatic rings. The van der Waals surface area contributed by atoms with Crippen LogP contribution in [-0.2, 0) is 42.8 Å². The highest BCUT2D eigenvalue weighted by molar-refractivity contribution is 5.87. The Labute approximate surface area is 299 Å². The highest BCUT2D eigenvalue weighted by Crippen LogP contribution is 2.42. The van der Waals surface area contributed by atoms with Gasteiger partial charge in [-0.3, -0.25) is 9.59 Å². The minimum absolute atomic E-state index is 0.0134. The number of hydrogen-bond donors (Lipinski definition) is 2. The fraction of sp³-hybridized carbons (Fsp3) is 0.718. The maximum atomic E-state index is 13.7. The van der Waals surface area contributed by atoms with Crippen molar-refractivity contribution in [2.24, 2.45) is 35.5 Å². The molecule has 0 amide bonds. The zero-order chi connectivity index (χ0) is 38.1. The van der Waals surface area contributed by atoms with Gasteiger partial charge in [0.2, 0.25) is 5.76 Å². The molecule has 11 nitrogen and oxygen atoms in total. The fourth-order valence-electron chi connectivity index (χ4n) is 7.29. The molecule has 1 saturated heterocycles. The summed E-state index contributed by atoms with van der Waals surface area (Å²) in [5, 5.41) is 23.8. The van der Waals surface area contributed by atoms with Crippen molar-refractivity contribution in [1.82, 2.24) is 0 Å². The molecule has 2 rings (SSSR count). The van der Waals surface area contributed by atoms with Crippen LogP contribution in [0.1, 0.15) is 89.0 Å². The number of allylic oxidation sites excluding steroid dienone is 5. The van der Waals surface area contributed by atoms with E-state index >= 15 is 0 Å². The molecule has 2 N–H and O–H groups in total. The molecule has 0 spiro atoms. The van der Waals surface area contributed by atoms with Crippen LogP contribution in [0.4, 0.5) is 0 Å². The van der Waals surface area contributed by atoms with Crippen LogP contribution >= 0.6 is 0 Å². The van der Waals surface area contributed by atoms with Gasteiger partial charge in [0.15, 0.2) is 5.79 Å². The van der Waals surface area contributed by atoms with Gasteiger partial charge in [-0.15, -0.1) is 0 Å². The molecular weight excluding hydrogens is 644 g/mol. The van der Waals surface area contributed by atoms with Gasteiger partial charge in [-0.05, 0) is 38.2 Å². The summed E-state index contributed by atoms with van der Waals surface area (Å²) in [6.07, 6.45) is 4.99. The van der Waals surface area contributed by atoms with E-state index in [0.29, 0.717) is 12.0 Å². The first-order chi connectivity index (χ1) is 23.3. The number of methoxy groups -OCH3 is 2. The number of aliphatic hydroxyl groups excluding tert-OH is 1. The third-order valence-corrected chi connectivity index (χ3v) is 10.0.